The van der Waals surface area contributed by atoms with Gasteiger partial charge >= 0.3 is 9.28 Å². The standard InChI is InChI=1S/C22H48O2SSi/c1-3-23-26(24-4-2)22-20-18-16-14-12-10-8-6-5-7-9-11-13-15-17-19-21-25/h25-26H,3-22H2,1-2H3. The summed E-state index contributed by atoms with van der Waals surface area (Å²) in [7, 11) is -1.33. The fourth-order valence-corrected chi connectivity index (χ4v) is 5.50. The minimum Gasteiger partial charge on any atom is -0.397 e. The van der Waals surface area contributed by atoms with E-state index in [9.17, 15) is 0 Å². The Morgan fingerprint density at radius 3 is 1.12 bits per heavy atom. The van der Waals surface area contributed by atoms with Gasteiger partial charge in [-0.3, -0.25) is 0 Å². The molecule has 0 N–H and O–H groups in total. The van der Waals surface area contributed by atoms with Gasteiger partial charge in [0.15, 0.2) is 0 Å². The summed E-state index contributed by atoms with van der Waals surface area (Å²) >= 11 is 4.26. The summed E-state index contributed by atoms with van der Waals surface area (Å²) in [5, 5.41) is 0. The van der Waals surface area contributed by atoms with Gasteiger partial charge in [0.2, 0.25) is 0 Å². The molecule has 26 heavy (non-hydrogen) atoms. The van der Waals surface area contributed by atoms with Crippen molar-refractivity contribution < 1.29 is 8.85 Å². The number of unbranched alkanes of at least 4 members (excludes halogenated alkanes) is 15. The molecule has 0 aliphatic rings. The Hall–Kier alpha value is 0.487. The van der Waals surface area contributed by atoms with E-state index >= 15 is 0 Å². The van der Waals surface area contributed by atoms with Crippen molar-refractivity contribution in [2.45, 2.75) is 123 Å². The van der Waals surface area contributed by atoms with Crippen molar-refractivity contribution in [1.29, 1.82) is 0 Å². The summed E-state index contributed by atoms with van der Waals surface area (Å²) in [6.07, 6.45) is 22.6. The third-order valence-corrected chi connectivity index (χ3v) is 7.66. The summed E-state index contributed by atoms with van der Waals surface area (Å²) in [5.74, 6) is 1.06. The predicted octanol–water partition coefficient (Wildman–Crippen LogP) is 7.45. The van der Waals surface area contributed by atoms with E-state index in [1.54, 1.807) is 0 Å². The maximum Gasteiger partial charge on any atom is 0.321 e. The lowest BCUT2D eigenvalue weighted by molar-refractivity contribution is 0.212. The first kappa shape index (κ1) is 26.5. The van der Waals surface area contributed by atoms with E-state index in [-0.39, 0.29) is 0 Å². The SMILES string of the molecule is CCO[SiH](CCCCCCCCCCCCCCCCCCS)OCC. The monoisotopic (exact) mass is 404 g/mol. The highest BCUT2D eigenvalue weighted by atomic mass is 32.1. The number of hydrogen-bond donors (Lipinski definition) is 1. The molecule has 2 nitrogen and oxygen atoms in total. The van der Waals surface area contributed by atoms with E-state index in [1.807, 2.05) is 0 Å². The largest absolute Gasteiger partial charge is 0.397 e. The van der Waals surface area contributed by atoms with Crippen LogP contribution in [0.5, 0.6) is 0 Å². The van der Waals surface area contributed by atoms with Crippen LogP contribution in [0.3, 0.4) is 0 Å². The normalized spacial score (nSPS) is 11.5. The van der Waals surface area contributed by atoms with E-state index in [4.69, 9.17) is 8.85 Å². The third-order valence-electron chi connectivity index (χ3n) is 5.05. The fourth-order valence-electron chi connectivity index (χ4n) is 3.48. The molecule has 0 bridgehead atoms. The van der Waals surface area contributed by atoms with Gasteiger partial charge in [-0.25, -0.2) is 0 Å². The zero-order chi connectivity index (χ0) is 19.1. The molecule has 158 valence electrons. The van der Waals surface area contributed by atoms with Crippen LogP contribution in [0.1, 0.15) is 117 Å². The van der Waals surface area contributed by atoms with Gasteiger partial charge in [-0.05, 0) is 32.1 Å². The van der Waals surface area contributed by atoms with Gasteiger partial charge in [0, 0.05) is 13.2 Å². The van der Waals surface area contributed by atoms with E-state index < -0.39 is 9.28 Å². The molecule has 0 spiro atoms. The maximum absolute atomic E-state index is 5.73. The summed E-state index contributed by atoms with van der Waals surface area (Å²) < 4.78 is 11.5. The molecule has 0 aliphatic heterocycles. The van der Waals surface area contributed by atoms with Crippen molar-refractivity contribution >= 4 is 21.9 Å². The third kappa shape index (κ3) is 20.8. The molecular weight excluding hydrogens is 356 g/mol. The van der Waals surface area contributed by atoms with E-state index in [0.29, 0.717) is 0 Å². The lowest BCUT2D eigenvalue weighted by Gasteiger charge is -2.14. The molecule has 0 radical (unpaired) electrons. The van der Waals surface area contributed by atoms with Crippen molar-refractivity contribution in [1.82, 2.24) is 0 Å². The molecule has 0 amide bonds. The average Bonchev–Trinajstić information content (AvgIpc) is 2.64. The van der Waals surface area contributed by atoms with Gasteiger partial charge in [-0.1, -0.05) is 96.3 Å². The molecule has 0 saturated heterocycles. The first-order valence-electron chi connectivity index (χ1n) is 11.7. The summed E-state index contributed by atoms with van der Waals surface area (Å²) in [4.78, 5) is 0. The Kier molecular flexibility index (Phi) is 24.0. The van der Waals surface area contributed by atoms with Gasteiger partial charge in [0.25, 0.3) is 0 Å². The second-order valence-electron chi connectivity index (χ2n) is 7.51. The van der Waals surface area contributed by atoms with E-state index in [0.717, 1.165) is 19.0 Å². The molecule has 0 heterocycles. The fraction of sp³-hybridized carbons (Fsp3) is 1.00. The smallest absolute Gasteiger partial charge is 0.321 e. The first-order chi connectivity index (χ1) is 12.8. The van der Waals surface area contributed by atoms with Crippen LogP contribution >= 0.6 is 12.6 Å². The van der Waals surface area contributed by atoms with Crippen LogP contribution in [0.25, 0.3) is 0 Å². The Morgan fingerprint density at radius 2 is 0.808 bits per heavy atom. The highest BCUT2D eigenvalue weighted by Gasteiger charge is 2.10. The first-order valence-corrected chi connectivity index (χ1v) is 14.1. The zero-order valence-corrected chi connectivity index (χ0v) is 20.0. The highest BCUT2D eigenvalue weighted by molar-refractivity contribution is 7.80. The Morgan fingerprint density at radius 1 is 0.500 bits per heavy atom. The average molecular weight is 405 g/mol. The van der Waals surface area contributed by atoms with Gasteiger partial charge < -0.3 is 8.85 Å². The van der Waals surface area contributed by atoms with Crippen LogP contribution in [-0.2, 0) is 8.85 Å². The highest BCUT2D eigenvalue weighted by Crippen LogP contribution is 2.14. The second-order valence-corrected chi connectivity index (χ2v) is 10.1. The molecule has 0 aromatic rings. The quantitative estimate of drug-likeness (QED) is 0.115. The maximum atomic E-state index is 5.73. The Balaban J connectivity index is 3.13. The molecule has 0 aromatic carbocycles. The lowest BCUT2D eigenvalue weighted by atomic mass is 10.0. The van der Waals surface area contributed by atoms with Crippen LogP contribution in [0.4, 0.5) is 0 Å². The molecule has 0 saturated carbocycles. The van der Waals surface area contributed by atoms with Crippen LogP contribution in [0, 0.1) is 0 Å². The van der Waals surface area contributed by atoms with Crippen LogP contribution in [0.2, 0.25) is 6.04 Å². The lowest BCUT2D eigenvalue weighted by Crippen LogP contribution is -2.22. The van der Waals surface area contributed by atoms with Crippen LogP contribution in [0.15, 0.2) is 0 Å². The van der Waals surface area contributed by atoms with Crippen molar-refractivity contribution in [3.8, 4) is 0 Å². The molecule has 0 atom stereocenters. The van der Waals surface area contributed by atoms with Gasteiger partial charge in [0.05, 0.1) is 0 Å². The molecule has 4 heteroatoms. The molecular formula is C22H48O2SSi. The molecule has 0 fully saturated rings. The zero-order valence-electron chi connectivity index (χ0n) is 18.0. The van der Waals surface area contributed by atoms with Crippen molar-refractivity contribution in [3.05, 3.63) is 0 Å². The molecule has 0 rings (SSSR count). The molecule has 0 aromatic heterocycles. The van der Waals surface area contributed by atoms with Crippen molar-refractivity contribution in [3.63, 3.8) is 0 Å². The van der Waals surface area contributed by atoms with Gasteiger partial charge in [-0.2, -0.15) is 12.6 Å². The predicted molar refractivity (Wildman–Crippen MR) is 123 cm³/mol. The Labute approximate surface area is 172 Å². The number of hydrogen-bond acceptors (Lipinski definition) is 3. The van der Waals surface area contributed by atoms with Crippen LogP contribution in [-0.4, -0.2) is 28.3 Å². The minimum atomic E-state index is -1.33. The van der Waals surface area contributed by atoms with Gasteiger partial charge in [0.1, 0.15) is 0 Å². The minimum absolute atomic E-state index is 0.813. The summed E-state index contributed by atoms with van der Waals surface area (Å²) in [6.45, 7) is 5.78. The van der Waals surface area contributed by atoms with Crippen molar-refractivity contribution in [2.24, 2.45) is 0 Å². The number of thiol groups is 1. The second kappa shape index (κ2) is 23.5. The van der Waals surface area contributed by atoms with Crippen LogP contribution < -0.4 is 0 Å². The topological polar surface area (TPSA) is 18.5 Å². The van der Waals surface area contributed by atoms with E-state index in [1.165, 1.54) is 109 Å². The van der Waals surface area contributed by atoms with Crippen molar-refractivity contribution in [2.75, 3.05) is 19.0 Å². The number of rotatable bonds is 22. The molecule has 0 unspecified atom stereocenters. The molecule has 0 aliphatic carbocycles. The Bertz CT molecular complexity index is 248. The summed E-state index contributed by atoms with van der Waals surface area (Å²) in [6, 6.07) is 1.19. The van der Waals surface area contributed by atoms with E-state index in [2.05, 4.69) is 26.5 Å². The summed E-state index contributed by atoms with van der Waals surface area (Å²) in [5.41, 5.74) is 0. The van der Waals surface area contributed by atoms with Gasteiger partial charge in [-0.15, -0.1) is 0 Å².